The van der Waals surface area contributed by atoms with Crippen LogP contribution < -0.4 is 0 Å². The molecule has 138 valence electrons. The Morgan fingerprint density at radius 1 is 0.923 bits per heavy atom. The molecular formula is C21H24O4S. The van der Waals surface area contributed by atoms with E-state index in [1.54, 1.807) is 0 Å². The van der Waals surface area contributed by atoms with Crippen LogP contribution >= 0.6 is 11.8 Å². The van der Waals surface area contributed by atoms with Crippen LogP contribution in [0.15, 0.2) is 48.5 Å². The number of ketones is 1. The average Bonchev–Trinajstić information content (AvgIpc) is 2.90. The Kier molecular flexibility index (Phi) is 6.48. The molecule has 2 aromatic rings. The first-order chi connectivity index (χ1) is 12.5. The quantitative estimate of drug-likeness (QED) is 0.807. The summed E-state index contributed by atoms with van der Waals surface area (Å²) in [6, 6.07) is 16.2. The molecular weight excluding hydrogens is 348 g/mol. The maximum Gasteiger partial charge on any atom is 0.201 e. The minimum Gasteiger partial charge on any atom is -0.376 e. The van der Waals surface area contributed by atoms with Crippen molar-refractivity contribution in [2.75, 3.05) is 6.61 Å². The van der Waals surface area contributed by atoms with Gasteiger partial charge >= 0.3 is 0 Å². The van der Waals surface area contributed by atoms with Gasteiger partial charge in [-0.1, -0.05) is 59.7 Å². The number of Topliss-reactive ketones (excluding diaryl/α,β-unsaturated/α-hetero) is 1. The molecule has 2 aromatic carbocycles. The number of ether oxygens (including phenoxy) is 2. The van der Waals surface area contributed by atoms with Crippen LogP contribution in [0.4, 0.5) is 0 Å². The number of hydrogen-bond donors (Lipinski definition) is 1. The third-order valence-electron chi connectivity index (χ3n) is 4.39. The van der Waals surface area contributed by atoms with Crippen LogP contribution in [0.1, 0.15) is 22.3 Å². The number of benzene rings is 2. The molecule has 26 heavy (non-hydrogen) atoms. The molecule has 0 aromatic heterocycles. The standard InChI is InChI=1S/C21H24O4S/c1-14-3-7-16(8-4-14)11-24-13-18-20(19(22)21(23)26-18)25-12-17-9-5-15(2)6-10-17/h3-10,18,20-21,23H,11-13H2,1-2H3/t18-,20-,21?/m1/s1. The van der Waals surface area contributed by atoms with E-state index in [4.69, 9.17) is 9.47 Å². The van der Waals surface area contributed by atoms with Crippen LogP contribution in [0.3, 0.4) is 0 Å². The molecule has 1 saturated heterocycles. The zero-order chi connectivity index (χ0) is 18.5. The molecule has 4 nitrogen and oxygen atoms in total. The number of rotatable bonds is 7. The van der Waals surface area contributed by atoms with E-state index in [1.807, 2.05) is 62.4 Å². The van der Waals surface area contributed by atoms with E-state index in [0.717, 1.165) is 11.1 Å². The largest absolute Gasteiger partial charge is 0.376 e. The van der Waals surface area contributed by atoms with Crippen molar-refractivity contribution in [3.8, 4) is 0 Å². The Bertz CT molecular complexity index is 727. The zero-order valence-corrected chi connectivity index (χ0v) is 15.9. The van der Waals surface area contributed by atoms with Crippen LogP contribution in [0.5, 0.6) is 0 Å². The highest BCUT2D eigenvalue weighted by Crippen LogP contribution is 2.32. The lowest BCUT2D eigenvalue weighted by atomic mass is 10.1. The topological polar surface area (TPSA) is 55.8 Å². The van der Waals surface area contributed by atoms with Gasteiger partial charge in [0.25, 0.3) is 0 Å². The number of thioether (sulfide) groups is 1. The average molecular weight is 372 g/mol. The second kappa shape index (κ2) is 8.82. The second-order valence-corrected chi connectivity index (χ2v) is 7.97. The Hall–Kier alpha value is -1.66. The molecule has 0 saturated carbocycles. The van der Waals surface area contributed by atoms with E-state index in [1.165, 1.54) is 22.9 Å². The van der Waals surface area contributed by atoms with Gasteiger partial charge < -0.3 is 14.6 Å². The molecule has 1 aliphatic rings. The third-order valence-corrected chi connectivity index (χ3v) is 5.61. The summed E-state index contributed by atoms with van der Waals surface area (Å²) < 4.78 is 11.6. The Morgan fingerprint density at radius 3 is 2.04 bits per heavy atom. The number of carbonyl (C=O) groups excluding carboxylic acids is 1. The summed E-state index contributed by atoms with van der Waals surface area (Å²) in [4.78, 5) is 12.2. The van der Waals surface area contributed by atoms with Crippen LogP contribution in [0, 0.1) is 13.8 Å². The number of aryl methyl sites for hydroxylation is 2. The monoisotopic (exact) mass is 372 g/mol. The fourth-order valence-electron chi connectivity index (χ4n) is 2.79. The minimum absolute atomic E-state index is 0.201. The van der Waals surface area contributed by atoms with Gasteiger partial charge in [0.05, 0.1) is 25.1 Å². The lowest BCUT2D eigenvalue weighted by Crippen LogP contribution is -2.33. The normalized spacial score (nSPS) is 22.7. The van der Waals surface area contributed by atoms with E-state index in [-0.39, 0.29) is 11.0 Å². The predicted molar refractivity (Wildman–Crippen MR) is 103 cm³/mol. The highest BCUT2D eigenvalue weighted by molar-refractivity contribution is 8.01. The summed E-state index contributed by atoms with van der Waals surface area (Å²) in [6.45, 7) is 5.26. The lowest BCUT2D eigenvalue weighted by molar-refractivity contribution is -0.134. The van der Waals surface area contributed by atoms with E-state index in [9.17, 15) is 9.90 Å². The van der Waals surface area contributed by atoms with Crippen molar-refractivity contribution in [1.29, 1.82) is 0 Å². The van der Waals surface area contributed by atoms with Crippen molar-refractivity contribution in [3.05, 3.63) is 70.8 Å². The maximum atomic E-state index is 12.2. The molecule has 0 aliphatic carbocycles. The Balaban J connectivity index is 1.53. The highest BCUT2D eigenvalue weighted by Gasteiger charge is 2.43. The number of carbonyl (C=O) groups is 1. The molecule has 3 atom stereocenters. The van der Waals surface area contributed by atoms with Gasteiger partial charge in [-0.3, -0.25) is 4.79 Å². The van der Waals surface area contributed by atoms with Gasteiger partial charge in [-0.15, -0.1) is 11.8 Å². The molecule has 1 N–H and O–H groups in total. The molecule has 0 bridgehead atoms. The molecule has 1 fully saturated rings. The predicted octanol–water partition coefficient (Wildman–Crippen LogP) is 3.41. The fraction of sp³-hybridized carbons (Fsp3) is 0.381. The summed E-state index contributed by atoms with van der Waals surface area (Å²) in [7, 11) is 0. The van der Waals surface area contributed by atoms with Gasteiger partial charge in [0, 0.05) is 0 Å². The molecule has 0 radical (unpaired) electrons. The van der Waals surface area contributed by atoms with Crippen LogP contribution in [-0.4, -0.2) is 34.3 Å². The molecule has 1 unspecified atom stereocenters. The van der Waals surface area contributed by atoms with E-state index in [2.05, 4.69) is 0 Å². The number of aliphatic hydroxyl groups excluding tert-OH is 1. The van der Waals surface area contributed by atoms with Crippen LogP contribution in [0.2, 0.25) is 0 Å². The smallest absolute Gasteiger partial charge is 0.201 e. The molecule has 0 amide bonds. The molecule has 1 aliphatic heterocycles. The van der Waals surface area contributed by atoms with Gasteiger partial charge in [0.2, 0.25) is 5.78 Å². The first-order valence-corrected chi connectivity index (χ1v) is 9.65. The van der Waals surface area contributed by atoms with E-state index >= 15 is 0 Å². The molecule has 1 heterocycles. The molecule has 3 rings (SSSR count). The van der Waals surface area contributed by atoms with Crippen LogP contribution in [-0.2, 0) is 27.5 Å². The van der Waals surface area contributed by atoms with Gasteiger partial charge in [-0.05, 0) is 25.0 Å². The first kappa shape index (κ1) is 19.1. The summed E-state index contributed by atoms with van der Waals surface area (Å²) in [5.41, 5.74) is 3.44. The van der Waals surface area contributed by atoms with Gasteiger partial charge in [0.1, 0.15) is 6.10 Å². The van der Waals surface area contributed by atoms with Crippen molar-refractivity contribution < 1.29 is 19.4 Å². The Labute approximate surface area is 158 Å². The number of aliphatic hydroxyl groups is 1. The molecule has 0 spiro atoms. The summed E-state index contributed by atoms with van der Waals surface area (Å²) in [6.07, 6.45) is -0.644. The summed E-state index contributed by atoms with van der Waals surface area (Å²) in [5, 5.41) is 9.70. The summed E-state index contributed by atoms with van der Waals surface area (Å²) >= 11 is 1.21. The fourth-order valence-corrected chi connectivity index (χ4v) is 3.92. The van der Waals surface area contributed by atoms with E-state index < -0.39 is 11.5 Å². The van der Waals surface area contributed by atoms with Gasteiger partial charge in [0.15, 0.2) is 5.44 Å². The summed E-state index contributed by atoms with van der Waals surface area (Å²) in [5.74, 6) is -0.272. The van der Waals surface area contributed by atoms with Crippen LogP contribution in [0.25, 0.3) is 0 Å². The van der Waals surface area contributed by atoms with Crippen molar-refractivity contribution in [2.45, 2.75) is 43.9 Å². The van der Waals surface area contributed by atoms with Crippen molar-refractivity contribution in [2.24, 2.45) is 0 Å². The minimum atomic E-state index is -1.04. The van der Waals surface area contributed by atoms with Crippen molar-refractivity contribution >= 4 is 17.5 Å². The first-order valence-electron chi connectivity index (χ1n) is 8.70. The zero-order valence-electron chi connectivity index (χ0n) is 15.1. The lowest BCUT2D eigenvalue weighted by Gasteiger charge is -2.18. The van der Waals surface area contributed by atoms with Gasteiger partial charge in [-0.25, -0.2) is 0 Å². The second-order valence-electron chi connectivity index (χ2n) is 6.65. The van der Waals surface area contributed by atoms with Crippen molar-refractivity contribution in [1.82, 2.24) is 0 Å². The van der Waals surface area contributed by atoms with Gasteiger partial charge in [-0.2, -0.15) is 0 Å². The maximum absolute atomic E-state index is 12.2. The highest BCUT2D eigenvalue weighted by atomic mass is 32.2. The SMILES string of the molecule is Cc1ccc(COC[C@H]2SC(O)C(=O)[C@@H]2OCc2ccc(C)cc2)cc1. The van der Waals surface area contributed by atoms with E-state index in [0.29, 0.717) is 19.8 Å². The Morgan fingerprint density at radius 2 is 1.46 bits per heavy atom. The van der Waals surface area contributed by atoms with Crippen molar-refractivity contribution in [3.63, 3.8) is 0 Å². The number of hydrogen-bond acceptors (Lipinski definition) is 5. The molecule has 5 heteroatoms. The third kappa shape index (κ3) is 4.95.